The number of carbonyl (C=O) groups excluding carboxylic acids is 2. The van der Waals surface area contributed by atoms with Gasteiger partial charge in [-0.1, -0.05) is 49.4 Å². The molecule has 0 N–H and O–H groups in total. The summed E-state index contributed by atoms with van der Waals surface area (Å²) >= 11 is 1.44. The standard InChI is InChI=1S/C17H22O3S/c1-3-4-11-17(2,21-13-8-12-18)16(19)20-14-15-9-6-5-7-10-15/h4-7,9-12H,3,8,13-14H2,1-2H3/b11-4+/t17-/m1/s1. The second kappa shape index (κ2) is 9.40. The summed E-state index contributed by atoms with van der Waals surface area (Å²) in [5.74, 6) is 0.334. The third-order valence-corrected chi connectivity index (χ3v) is 4.27. The lowest BCUT2D eigenvalue weighted by Crippen LogP contribution is -2.32. The molecule has 0 aliphatic rings. The van der Waals surface area contributed by atoms with Crippen LogP contribution in [0.4, 0.5) is 0 Å². The summed E-state index contributed by atoms with van der Waals surface area (Å²) in [6, 6.07) is 9.60. The lowest BCUT2D eigenvalue weighted by atomic mass is 10.1. The fourth-order valence-electron chi connectivity index (χ4n) is 1.70. The normalized spacial score (nSPS) is 13.8. The number of thioether (sulfide) groups is 1. The highest BCUT2D eigenvalue weighted by molar-refractivity contribution is 8.01. The van der Waals surface area contributed by atoms with Gasteiger partial charge in [0, 0.05) is 12.2 Å². The zero-order chi connectivity index (χ0) is 15.6. The van der Waals surface area contributed by atoms with Crippen LogP contribution < -0.4 is 0 Å². The van der Waals surface area contributed by atoms with Crippen LogP contribution in [0, 0.1) is 0 Å². The number of esters is 1. The molecule has 1 aromatic rings. The molecule has 1 aromatic carbocycles. The largest absolute Gasteiger partial charge is 0.460 e. The summed E-state index contributed by atoms with van der Waals surface area (Å²) < 4.78 is 4.68. The molecule has 21 heavy (non-hydrogen) atoms. The Kier molecular flexibility index (Phi) is 7.83. The highest BCUT2D eigenvalue weighted by Crippen LogP contribution is 2.29. The van der Waals surface area contributed by atoms with E-state index in [1.807, 2.05) is 56.3 Å². The Balaban J connectivity index is 2.65. The van der Waals surface area contributed by atoms with Gasteiger partial charge >= 0.3 is 5.97 Å². The predicted molar refractivity (Wildman–Crippen MR) is 87.2 cm³/mol. The first-order valence-electron chi connectivity index (χ1n) is 7.09. The van der Waals surface area contributed by atoms with Gasteiger partial charge in [-0.25, -0.2) is 0 Å². The van der Waals surface area contributed by atoms with Crippen molar-refractivity contribution in [1.29, 1.82) is 0 Å². The van der Waals surface area contributed by atoms with Crippen LogP contribution in [0.2, 0.25) is 0 Å². The lowest BCUT2D eigenvalue weighted by molar-refractivity contribution is -0.146. The Labute approximate surface area is 130 Å². The van der Waals surface area contributed by atoms with Gasteiger partial charge in [0.15, 0.2) is 0 Å². The molecule has 0 saturated carbocycles. The van der Waals surface area contributed by atoms with Crippen LogP contribution in [-0.2, 0) is 20.9 Å². The van der Waals surface area contributed by atoms with Gasteiger partial charge in [-0.2, -0.15) is 0 Å². The molecule has 3 nitrogen and oxygen atoms in total. The highest BCUT2D eigenvalue weighted by atomic mass is 32.2. The van der Waals surface area contributed by atoms with E-state index in [0.29, 0.717) is 12.2 Å². The molecule has 0 heterocycles. The quantitative estimate of drug-likeness (QED) is 0.301. The number of allylic oxidation sites excluding steroid dienone is 1. The third-order valence-electron chi connectivity index (χ3n) is 2.93. The van der Waals surface area contributed by atoms with Crippen molar-refractivity contribution in [3.8, 4) is 0 Å². The van der Waals surface area contributed by atoms with Crippen molar-refractivity contribution in [2.24, 2.45) is 0 Å². The number of ether oxygens (including phenoxy) is 1. The second-order valence-corrected chi connectivity index (χ2v) is 6.33. The van der Waals surface area contributed by atoms with Gasteiger partial charge in [0.05, 0.1) is 0 Å². The molecule has 0 amide bonds. The molecule has 0 spiro atoms. The second-order valence-electron chi connectivity index (χ2n) is 4.78. The maximum atomic E-state index is 12.4. The van der Waals surface area contributed by atoms with E-state index >= 15 is 0 Å². The summed E-state index contributed by atoms with van der Waals surface area (Å²) in [4.78, 5) is 22.8. The monoisotopic (exact) mass is 306 g/mol. The SMILES string of the molecule is CC/C=C/[C@@](C)(SCCC=O)C(=O)OCc1ccccc1. The van der Waals surface area contributed by atoms with Gasteiger partial charge < -0.3 is 9.53 Å². The maximum absolute atomic E-state index is 12.4. The Hall–Kier alpha value is -1.55. The number of hydrogen-bond acceptors (Lipinski definition) is 4. The van der Waals surface area contributed by atoms with Crippen LogP contribution in [0.3, 0.4) is 0 Å². The van der Waals surface area contributed by atoms with Crippen LogP contribution in [0.15, 0.2) is 42.5 Å². The van der Waals surface area contributed by atoms with Crippen molar-refractivity contribution >= 4 is 24.0 Å². The van der Waals surface area contributed by atoms with E-state index in [1.54, 1.807) is 0 Å². The third kappa shape index (κ3) is 6.17. The smallest absolute Gasteiger partial charge is 0.326 e. The maximum Gasteiger partial charge on any atom is 0.326 e. The molecule has 1 atom stereocenters. The zero-order valence-electron chi connectivity index (χ0n) is 12.6. The summed E-state index contributed by atoms with van der Waals surface area (Å²) in [5.41, 5.74) is 0.963. The Bertz CT molecular complexity index is 470. The molecule has 114 valence electrons. The van der Waals surface area contributed by atoms with Crippen molar-refractivity contribution in [2.75, 3.05) is 5.75 Å². The van der Waals surface area contributed by atoms with E-state index < -0.39 is 4.75 Å². The van der Waals surface area contributed by atoms with Gasteiger partial charge in [-0.15, -0.1) is 11.8 Å². The van der Waals surface area contributed by atoms with Gasteiger partial charge in [-0.3, -0.25) is 4.79 Å². The Morgan fingerprint density at radius 1 is 1.33 bits per heavy atom. The van der Waals surface area contributed by atoms with E-state index in [9.17, 15) is 9.59 Å². The highest BCUT2D eigenvalue weighted by Gasteiger charge is 2.32. The summed E-state index contributed by atoms with van der Waals surface area (Å²) in [6.07, 6.45) is 5.99. The van der Waals surface area contributed by atoms with Crippen LogP contribution in [0.25, 0.3) is 0 Å². The lowest BCUT2D eigenvalue weighted by Gasteiger charge is -2.23. The van der Waals surface area contributed by atoms with Gasteiger partial charge in [0.2, 0.25) is 0 Å². The summed E-state index contributed by atoms with van der Waals surface area (Å²) in [7, 11) is 0. The molecular weight excluding hydrogens is 284 g/mol. The molecule has 0 radical (unpaired) electrons. The molecule has 0 saturated heterocycles. The van der Waals surface area contributed by atoms with Crippen molar-refractivity contribution in [3.63, 3.8) is 0 Å². The van der Waals surface area contributed by atoms with Crippen molar-refractivity contribution in [1.82, 2.24) is 0 Å². The minimum absolute atomic E-state index is 0.267. The van der Waals surface area contributed by atoms with Crippen LogP contribution in [-0.4, -0.2) is 22.8 Å². The Morgan fingerprint density at radius 2 is 2.05 bits per heavy atom. The first-order valence-corrected chi connectivity index (χ1v) is 8.07. The first kappa shape index (κ1) is 17.5. The van der Waals surface area contributed by atoms with Crippen LogP contribution in [0.5, 0.6) is 0 Å². The molecule has 0 aliphatic heterocycles. The predicted octanol–water partition coefficient (Wildman–Crippen LogP) is 3.78. The molecule has 0 aliphatic carbocycles. The molecular formula is C17H22O3S. The van der Waals surface area contributed by atoms with Crippen molar-refractivity contribution in [3.05, 3.63) is 48.0 Å². The van der Waals surface area contributed by atoms with E-state index in [1.165, 1.54) is 11.8 Å². The van der Waals surface area contributed by atoms with E-state index in [0.717, 1.165) is 18.3 Å². The molecule has 4 heteroatoms. The fourth-order valence-corrected chi connectivity index (χ4v) is 2.71. The van der Waals surface area contributed by atoms with Crippen molar-refractivity contribution < 1.29 is 14.3 Å². The van der Waals surface area contributed by atoms with E-state index in [4.69, 9.17) is 4.74 Å². The molecule has 0 aromatic heterocycles. The molecule has 0 bridgehead atoms. The first-order chi connectivity index (χ1) is 10.1. The zero-order valence-corrected chi connectivity index (χ0v) is 13.4. The number of aldehydes is 1. The summed E-state index contributed by atoms with van der Waals surface area (Å²) in [6.45, 7) is 4.12. The molecule has 1 rings (SSSR count). The molecule has 0 fully saturated rings. The minimum Gasteiger partial charge on any atom is -0.460 e. The topological polar surface area (TPSA) is 43.4 Å². The van der Waals surface area contributed by atoms with Gasteiger partial charge in [0.1, 0.15) is 17.6 Å². The van der Waals surface area contributed by atoms with E-state index in [-0.39, 0.29) is 12.6 Å². The van der Waals surface area contributed by atoms with Gasteiger partial charge in [-0.05, 0) is 18.9 Å². The number of carbonyl (C=O) groups is 2. The average Bonchev–Trinajstić information content (AvgIpc) is 2.52. The fraction of sp³-hybridized carbons (Fsp3) is 0.412. The molecule has 0 unspecified atom stereocenters. The van der Waals surface area contributed by atoms with Gasteiger partial charge in [0.25, 0.3) is 0 Å². The van der Waals surface area contributed by atoms with Crippen LogP contribution in [0.1, 0.15) is 32.3 Å². The van der Waals surface area contributed by atoms with E-state index in [2.05, 4.69) is 0 Å². The minimum atomic E-state index is -0.742. The Morgan fingerprint density at radius 3 is 2.67 bits per heavy atom. The summed E-state index contributed by atoms with van der Waals surface area (Å²) in [5, 5.41) is 0. The van der Waals surface area contributed by atoms with Crippen molar-refractivity contribution in [2.45, 2.75) is 38.0 Å². The number of benzene rings is 1. The van der Waals surface area contributed by atoms with Crippen LogP contribution >= 0.6 is 11.8 Å². The number of rotatable bonds is 9. The number of hydrogen-bond donors (Lipinski definition) is 0. The average molecular weight is 306 g/mol.